The number of benzene rings is 1. The van der Waals surface area contributed by atoms with Gasteiger partial charge in [-0.3, -0.25) is 4.90 Å². The highest BCUT2D eigenvalue weighted by molar-refractivity contribution is 7.99. The van der Waals surface area contributed by atoms with Crippen LogP contribution in [0.4, 0.5) is 10.6 Å². The van der Waals surface area contributed by atoms with E-state index < -0.39 is 12.0 Å². The molecule has 8 nitrogen and oxygen atoms in total. The van der Waals surface area contributed by atoms with Crippen LogP contribution in [0.1, 0.15) is 30.1 Å². The molecule has 0 spiro atoms. The van der Waals surface area contributed by atoms with Gasteiger partial charge in [-0.15, -0.1) is 0 Å². The number of nitrogens with one attached hydrogen (secondary N) is 1. The van der Waals surface area contributed by atoms with E-state index in [1.54, 1.807) is 11.0 Å². The van der Waals surface area contributed by atoms with Crippen LogP contribution in [0.5, 0.6) is 0 Å². The molecule has 1 saturated carbocycles. The summed E-state index contributed by atoms with van der Waals surface area (Å²) in [5.41, 5.74) is 8.49. The number of aryl methyl sites for hydroxylation is 1. The fraction of sp³-hybridized carbons (Fsp3) is 0.333. The number of nitrogen functional groups attached to an aromatic ring is 1. The van der Waals surface area contributed by atoms with Crippen LogP contribution in [-0.4, -0.2) is 45.8 Å². The third-order valence-electron chi connectivity index (χ3n) is 5.02. The van der Waals surface area contributed by atoms with Gasteiger partial charge in [0.15, 0.2) is 5.16 Å². The van der Waals surface area contributed by atoms with Crippen molar-refractivity contribution in [3.63, 3.8) is 0 Å². The first-order valence-electron chi connectivity index (χ1n) is 9.68. The number of anilines is 1. The number of esters is 1. The Kier molecular flexibility index (Phi) is 5.63. The summed E-state index contributed by atoms with van der Waals surface area (Å²) in [6.07, 6.45) is 1.81. The van der Waals surface area contributed by atoms with E-state index in [2.05, 4.69) is 15.3 Å². The van der Waals surface area contributed by atoms with Gasteiger partial charge in [0.25, 0.3) is 0 Å². The molecule has 3 N–H and O–H groups in total. The van der Waals surface area contributed by atoms with Gasteiger partial charge in [0, 0.05) is 29.3 Å². The second-order valence-corrected chi connectivity index (χ2v) is 8.19. The van der Waals surface area contributed by atoms with Crippen LogP contribution in [-0.2, 0) is 9.53 Å². The Labute approximate surface area is 178 Å². The van der Waals surface area contributed by atoms with Crippen molar-refractivity contribution in [2.75, 3.05) is 18.6 Å². The van der Waals surface area contributed by atoms with Gasteiger partial charge in [0.05, 0.1) is 18.7 Å². The predicted octanol–water partition coefficient (Wildman–Crippen LogP) is 2.82. The molecule has 156 valence electrons. The molecule has 4 rings (SSSR count). The van der Waals surface area contributed by atoms with Crippen LogP contribution in [0.2, 0.25) is 0 Å². The fourth-order valence-electron chi connectivity index (χ4n) is 3.55. The Morgan fingerprint density at radius 1 is 1.30 bits per heavy atom. The lowest BCUT2D eigenvalue weighted by molar-refractivity contribution is -0.136. The largest absolute Gasteiger partial charge is 0.466 e. The van der Waals surface area contributed by atoms with E-state index >= 15 is 0 Å². The van der Waals surface area contributed by atoms with Crippen LogP contribution >= 0.6 is 11.8 Å². The van der Waals surface area contributed by atoms with Crippen LogP contribution in [0.15, 0.2) is 52.8 Å². The number of carbonyl (C=O) groups is 2. The predicted molar refractivity (Wildman–Crippen MR) is 114 cm³/mol. The van der Waals surface area contributed by atoms with E-state index in [1.807, 2.05) is 37.3 Å². The maximum atomic E-state index is 13.0. The lowest BCUT2D eigenvalue weighted by Crippen LogP contribution is -2.50. The second kappa shape index (κ2) is 8.35. The Hall–Kier alpha value is -3.07. The molecule has 2 aliphatic rings. The van der Waals surface area contributed by atoms with Crippen LogP contribution in [0, 0.1) is 6.92 Å². The summed E-state index contributed by atoms with van der Waals surface area (Å²) < 4.78 is 5.11. The van der Waals surface area contributed by atoms with Gasteiger partial charge in [-0.2, -0.15) is 0 Å². The molecule has 2 aromatic rings. The van der Waals surface area contributed by atoms with E-state index in [4.69, 9.17) is 10.5 Å². The zero-order valence-electron chi connectivity index (χ0n) is 16.8. The molecule has 1 aliphatic carbocycles. The van der Waals surface area contributed by atoms with E-state index in [0.29, 0.717) is 28.0 Å². The summed E-state index contributed by atoms with van der Waals surface area (Å²) in [5, 5.41) is 3.49. The third-order valence-corrected chi connectivity index (χ3v) is 5.88. The number of urea groups is 1. The van der Waals surface area contributed by atoms with E-state index in [-0.39, 0.29) is 12.1 Å². The number of carbonyl (C=O) groups excluding carboxylic acids is 2. The van der Waals surface area contributed by atoms with Crippen LogP contribution in [0.25, 0.3) is 0 Å². The maximum Gasteiger partial charge on any atom is 0.338 e. The number of hydrogen-bond acceptors (Lipinski definition) is 7. The molecule has 2 heterocycles. The van der Waals surface area contributed by atoms with E-state index in [1.165, 1.54) is 18.9 Å². The molecule has 30 heavy (non-hydrogen) atoms. The van der Waals surface area contributed by atoms with Gasteiger partial charge in [0.2, 0.25) is 0 Å². The van der Waals surface area contributed by atoms with Gasteiger partial charge in [-0.05, 0) is 25.3 Å². The molecule has 2 amide bonds. The third kappa shape index (κ3) is 4.11. The summed E-state index contributed by atoms with van der Waals surface area (Å²) in [4.78, 5) is 36.2. The van der Waals surface area contributed by atoms with E-state index in [9.17, 15) is 9.59 Å². The van der Waals surface area contributed by atoms with Gasteiger partial charge < -0.3 is 15.8 Å². The molecule has 0 unspecified atom stereocenters. The molecule has 1 fully saturated rings. The van der Waals surface area contributed by atoms with Crippen molar-refractivity contribution in [2.24, 2.45) is 0 Å². The lowest BCUT2D eigenvalue weighted by atomic mass is 9.95. The van der Waals surface area contributed by atoms with Crippen molar-refractivity contribution < 1.29 is 14.3 Å². The molecule has 0 saturated heterocycles. The van der Waals surface area contributed by atoms with Crippen molar-refractivity contribution in [1.82, 2.24) is 20.2 Å². The number of thioether (sulfide) groups is 1. The summed E-state index contributed by atoms with van der Waals surface area (Å²) in [6.45, 7) is 1.84. The first-order valence-corrected chi connectivity index (χ1v) is 10.7. The lowest BCUT2D eigenvalue weighted by Gasteiger charge is -2.36. The van der Waals surface area contributed by atoms with Crippen molar-refractivity contribution in [2.45, 2.75) is 37.0 Å². The minimum atomic E-state index is -0.583. The highest BCUT2D eigenvalue weighted by atomic mass is 32.2. The average Bonchev–Trinajstić information content (AvgIpc) is 3.56. The Balaban J connectivity index is 1.76. The highest BCUT2D eigenvalue weighted by Crippen LogP contribution is 2.39. The summed E-state index contributed by atoms with van der Waals surface area (Å²) in [6, 6.07) is 10.4. The molecule has 1 aliphatic heterocycles. The van der Waals surface area contributed by atoms with Crippen LogP contribution < -0.4 is 11.1 Å². The van der Waals surface area contributed by atoms with Gasteiger partial charge >= 0.3 is 12.0 Å². The maximum absolute atomic E-state index is 13.0. The topological polar surface area (TPSA) is 110 Å². The van der Waals surface area contributed by atoms with Crippen molar-refractivity contribution in [3.05, 3.63) is 58.9 Å². The molecule has 1 aromatic carbocycles. The van der Waals surface area contributed by atoms with E-state index in [0.717, 1.165) is 24.1 Å². The van der Waals surface area contributed by atoms with Gasteiger partial charge in [-0.1, -0.05) is 42.1 Å². The molecular formula is C21H23N5O3S. The Bertz CT molecular complexity index is 987. The zero-order valence-corrected chi connectivity index (χ0v) is 17.6. The standard InChI is InChI=1S/C21H23N5O3S/c1-12-10-16(22)24-20(23-12)30-11-15-17(19(27)29-2)18(13-6-4-3-5-7-13)25-21(28)26(15)14-8-9-14/h3-7,10,14,18H,8-9,11H2,1-2H3,(H,25,28)(H2,22,23,24)/t18-/m0/s1. The number of nitrogens with two attached hydrogens (primary N) is 1. The minimum Gasteiger partial charge on any atom is -0.466 e. The molecule has 1 atom stereocenters. The Morgan fingerprint density at radius 2 is 2.03 bits per heavy atom. The highest BCUT2D eigenvalue weighted by Gasteiger charge is 2.43. The SMILES string of the molecule is COC(=O)C1=C(CSc2nc(C)cc(N)n2)N(C2CC2)C(=O)N[C@H]1c1ccccc1. The van der Waals surface area contributed by atoms with Crippen molar-refractivity contribution in [3.8, 4) is 0 Å². The first kappa shape index (κ1) is 20.2. The van der Waals surface area contributed by atoms with Gasteiger partial charge in [-0.25, -0.2) is 19.6 Å². The molecule has 0 radical (unpaired) electrons. The van der Waals surface area contributed by atoms with Crippen LogP contribution in [0.3, 0.4) is 0 Å². The van der Waals surface area contributed by atoms with Crippen molar-refractivity contribution >= 4 is 29.6 Å². The number of rotatable bonds is 6. The number of amides is 2. The Morgan fingerprint density at radius 3 is 2.67 bits per heavy atom. The summed E-state index contributed by atoms with van der Waals surface area (Å²) in [5.74, 6) is 0.269. The molecule has 0 bridgehead atoms. The minimum absolute atomic E-state index is 0.0838. The summed E-state index contributed by atoms with van der Waals surface area (Å²) in [7, 11) is 1.35. The number of ether oxygens (including phenoxy) is 1. The van der Waals surface area contributed by atoms with Gasteiger partial charge in [0.1, 0.15) is 5.82 Å². The second-order valence-electron chi connectivity index (χ2n) is 7.25. The number of nitrogens with zero attached hydrogens (tertiary/aromatic N) is 3. The number of hydrogen-bond donors (Lipinski definition) is 2. The summed E-state index contributed by atoms with van der Waals surface area (Å²) >= 11 is 1.35. The molecule has 9 heteroatoms. The van der Waals surface area contributed by atoms with Crippen molar-refractivity contribution in [1.29, 1.82) is 0 Å². The smallest absolute Gasteiger partial charge is 0.338 e. The normalized spacial score (nSPS) is 18.9. The fourth-order valence-corrected chi connectivity index (χ4v) is 4.49. The quantitative estimate of drug-likeness (QED) is 0.416. The zero-order chi connectivity index (χ0) is 21.3. The number of aromatic nitrogens is 2. The molecular weight excluding hydrogens is 402 g/mol. The molecule has 1 aromatic heterocycles. The first-order chi connectivity index (χ1) is 14.5. The monoisotopic (exact) mass is 425 g/mol. The average molecular weight is 426 g/mol. The number of methoxy groups -OCH3 is 1.